The first kappa shape index (κ1) is 16.6. The van der Waals surface area contributed by atoms with Crippen LogP contribution in [0.4, 0.5) is 0 Å². The Morgan fingerprint density at radius 1 is 0.962 bits per heavy atom. The number of nitrogens with zero attached hydrogens (tertiary/aromatic N) is 1. The summed E-state index contributed by atoms with van der Waals surface area (Å²) in [5, 5.41) is 3.29. The average Bonchev–Trinajstić information content (AvgIpc) is 3.07. The van der Waals surface area contributed by atoms with Crippen LogP contribution >= 0.6 is 0 Å². The fourth-order valence-electron chi connectivity index (χ4n) is 3.79. The molecular formula is C24H23NO. The van der Waals surface area contributed by atoms with Gasteiger partial charge in [-0.2, -0.15) is 0 Å². The second-order valence-corrected chi connectivity index (χ2v) is 7.00. The number of hydrogen-bond acceptors (Lipinski definition) is 1. The van der Waals surface area contributed by atoms with Gasteiger partial charge in [0.1, 0.15) is 0 Å². The van der Waals surface area contributed by atoms with Gasteiger partial charge in [0.15, 0.2) is 5.78 Å². The monoisotopic (exact) mass is 341 g/mol. The summed E-state index contributed by atoms with van der Waals surface area (Å²) in [7, 11) is 0. The number of benzene rings is 3. The van der Waals surface area contributed by atoms with Gasteiger partial charge in [-0.15, -0.1) is 0 Å². The first-order valence-electron chi connectivity index (χ1n) is 9.32. The zero-order valence-electron chi connectivity index (χ0n) is 15.3. The number of fused-ring (bicyclic) bond motifs is 2. The number of para-hydroxylation sites is 1. The fraction of sp³-hybridized carbons (Fsp3) is 0.208. The lowest BCUT2D eigenvalue weighted by atomic mass is 10.00. The van der Waals surface area contributed by atoms with E-state index >= 15 is 0 Å². The van der Waals surface area contributed by atoms with Crippen LogP contribution in [0, 0.1) is 0 Å². The molecule has 1 aromatic heterocycles. The van der Waals surface area contributed by atoms with Crippen molar-refractivity contribution in [3.63, 3.8) is 0 Å². The van der Waals surface area contributed by atoms with Crippen LogP contribution in [0.2, 0.25) is 0 Å². The summed E-state index contributed by atoms with van der Waals surface area (Å²) >= 11 is 0. The molecule has 0 saturated carbocycles. The molecule has 4 rings (SSSR count). The average molecular weight is 341 g/mol. The van der Waals surface area contributed by atoms with Crippen LogP contribution in [-0.2, 0) is 0 Å². The number of hydrogen-bond donors (Lipinski definition) is 0. The number of aromatic nitrogens is 1. The second kappa shape index (κ2) is 6.80. The van der Waals surface area contributed by atoms with Gasteiger partial charge in [0.2, 0.25) is 0 Å². The number of carbonyl (C=O) groups is 1. The number of ketones is 1. The van der Waals surface area contributed by atoms with E-state index in [2.05, 4.69) is 42.7 Å². The van der Waals surface area contributed by atoms with Gasteiger partial charge in [-0.3, -0.25) is 4.79 Å². The molecule has 130 valence electrons. The molecule has 4 aromatic rings. The van der Waals surface area contributed by atoms with Gasteiger partial charge in [-0.05, 0) is 36.2 Å². The summed E-state index contributed by atoms with van der Waals surface area (Å²) in [6.07, 6.45) is 4.27. The van der Waals surface area contributed by atoms with Crippen molar-refractivity contribution in [2.24, 2.45) is 0 Å². The highest BCUT2D eigenvalue weighted by Crippen LogP contribution is 2.29. The van der Waals surface area contributed by atoms with E-state index in [1.54, 1.807) is 0 Å². The van der Waals surface area contributed by atoms with E-state index in [4.69, 9.17) is 0 Å². The van der Waals surface area contributed by atoms with Crippen molar-refractivity contribution in [3.8, 4) is 0 Å². The van der Waals surface area contributed by atoms with Gasteiger partial charge in [0.05, 0.1) is 0 Å². The Morgan fingerprint density at radius 2 is 1.69 bits per heavy atom. The topological polar surface area (TPSA) is 22.0 Å². The quantitative estimate of drug-likeness (QED) is 0.386. The zero-order valence-corrected chi connectivity index (χ0v) is 15.3. The second-order valence-electron chi connectivity index (χ2n) is 7.00. The van der Waals surface area contributed by atoms with Crippen molar-refractivity contribution < 1.29 is 4.79 Å². The summed E-state index contributed by atoms with van der Waals surface area (Å²) in [5.74, 6) is 0.0920. The summed E-state index contributed by atoms with van der Waals surface area (Å²) in [6.45, 7) is 4.42. The third-order valence-electron chi connectivity index (χ3n) is 5.18. The van der Waals surface area contributed by atoms with Gasteiger partial charge >= 0.3 is 0 Å². The van der Waals surface area contributed by atoms with Crippen molar-refractivity contribution in [3.05, 3.63) is 84.1 Å². The molecule has 0 fully saturated rings. The predicted molar refractivity (Wildman–Crippen MR) is 109 cm³/mol. The fourth-order valence-corrected chi connectivity index (χ4v) is 3.79. The van der Waals surface area contributed by atoms with Crippen molar-refractivity contribution in [2.45, 2.75) is 32.7 Å². The summed E-state index contributed by atoms with van der Waals surface area (Å²) in [5.41, 5.74) is 2.67. The molecule has 0 saturated heterocycles. The van der Waals surface area contributed by atoms with E-state index < -0.39 is 0 Å². The molecule has 1 unspecified atom stereocenters. The summed E-state index contributed by atoms with van der Waals surface area (Å²) in [6, 6.07) is 22.7. The highest BCUT2D eigenvalue weighted by molar-refractivity contribution is 6.17. The maximum absolute atomic E-state index is 13.3. The smallest absolute Gasteiger partial charge is 0.195 e. The van der Waals surface area contributed by atoms with Crippen molar-refractivity contribution >= 4 is 27.5 Å². The largest absolute Gasteiger partial charge is 0.344 e. The molecule has 0 aliphatic carbocycles. The van der Waals surface area contributed by atoms with Gasteiger partial charge in [-0.1, -0.05) is 67.9 Å². The molecule has 0 aliphatic heterocycles. The number of carbonyl (C=O) groups excluding carboxylic acids is 1. The van der Waals surface area contributed by atoms with Crippen LogP contribution in [0.15, 0.2) is 72.9 Å². The van der Waals surface area contributed by atoms with Crippen LogP contribution < -0.4 is 0 Å². The van der Waals surface area contributed by atoms with E-state index in [0.29, 0.717) is 6.04 Å². The van der Waals surface area contributed by atoms with Gasteiger partial charge in [0.25, 0.3) is 0 Å². The third-order valence-corrected chi connectivity index (χ3v) is 5.18. The van der Waals surface area contributed by atoms with Crippen LogP contribution in [0.3, 0.4) is 0 Å². The molecule has 0 amide bonds. The van der Waals surface area contributed by atoms with E-state index in [0.717, 1.165) is 45.6 Å². The van der Waals surface area contributed by atoms with Gasteiger partial charge in [-0.25, -0.2) is 0 Å². The lowest BCUT2D eigenvalue weighted by Gasteiger charge is -2.13. The molecule has 0 aliphatic rings. The van der Waals surface area contributed by atoms with Crippen LogP contribution in [-0.4, -0.2) is 10.4 Å². The van der Waals surface area contributed by atoms with E-state index in [9.17, 15) is 4.79 Å². The molecular weight excluding hydrogens is 318 g/mol. The van der Waals surface area contributed by atoms with Gasteiger partial charge in [0, 0.05) is 34.3 Å². The first-order chi connectivity index (χ1) is 12.7. The Labute approximate surface area is 154 Å². The van der Waals surface area contributed by atoms with Gasteiger partial charge < -0.3 is 4.57 Å². The van der Waals surface area contributed by atoms with E-state index in [-0.39, 0.29) is 5.78 Å². The van der Waals surface area contributed by atoms with E-state index in [1.807, 2.05) is 48.7 Å². The lowest BCUT2D eigenvalue weighted by Crippen LogP contribution is -2.04. The standard InChI is InChI=1S/C24H23NO/c1-3-8-17(2)25-16-22(21-11-6-7-12-23(21)25)24(26)20-14-13-18-9-4-5-10-19(18)15-20/h4-7,9-17H,3,8H2,1-2H3. The molecule has 2 nitrogen and oxygen atoms in total. The Hall–Kier alpha value is -2.87. The molecule has 2 heteroatoms. The Morgan fingerprint density at radius 3 is 2.50 bits per heavy atom. The molecule has 3 aromatic carbocycles. The Bertz CT molecular complexity index is 1090. The maximum Gasteiger partial charge on any atom is 0.195 e. The first-order valence-corrected chi connectivity index (χ1v) is 9.32. The molecule has 0 spiro atoms. The summed E-state index contributed by atoms with van der Waals surface area (Å²) < 4.78 is 2.26. The van der Waals surface area contributed by atoms with Crippen molar-refractivity contribution in [1.82, 2.24) is 4.57 Å². The molecule has 1 atom stereocenters. The molecule has 0 N–H and O–H groups in total. The molecule has 1 heterocycles. The van der Waals surface area contributed by atoms with Crippen molar-refractivity contribution in [2.75, 3.05) is 0 Å². The van der Waals surface area contributed by atoms with Crippen LogP contribution in [0.1, 0.15) is 48.7 Å². The Balaban J connectivity index is 1.83. The molecule has 0 radical (unpaired) electrons. The Kier molecular flexibility index (Phi) is 4.34. The van der Waals surface area contributed by atoms with Crippen molar-refractivity contribution in [1.29, 1.82) is 0 Å². The lowest BCUT2D eigenvalue weighted by molar-refractivity contribution is 0.104. The van der Waals surface area contributed by atoms with Crippen LogP contribution in [0.25, 0.3) is 21.7 Å². The highest BCUT2D eigenvalue weighted by atomic mass is 16.1. The predicted octanol–water partition coefficient (Wildman–Crippen LogP) is 6.39. The highest BCUT2D eigenvalue weighted by Gasteiger charge is 2.18. The normalized spacial score (nSPS) is 12.5. The summed E-state index contributed by atoms with van der Waals surface area (Å²) in [4.78, 5) is 13.3. The molecule has 26 heavy (non-hydrogen) atoms. The number of rotatable bonds is 5. The van der Waals surface area contributed by atoms with Crippen LogP contribution in [0.5, 0.6) is 0 Å². The zero-order chi connectivity index (χ0) is 18.1. The molecule has 0 bridgehead atoms. The minimum absolute atomic E-state index is 0.0920. The minimum atomic E-state index is 0.0920. The van der Waals surface area contributed by atoms with E-state index in [1.165, 1.54) is 0 Å². The minimum Gasteiger partial charge on any atom is -0.344 e. The maximum atomic E-state index is 13.3. The SMILES string of the molecule is CCCC(C)n1cc(C(=O)c2ccc3ccccc3c2)c2ccccc21. The third kappa shape index (κ3) is 2.82.